The van der Waals surface area contributed by atoms with Crippen molar-refractivity contribution in [1.82, 2.24) is 0 Å². The van der Waals surface area contributed by atoms with Crippen LogP contribution in [0.25, 0.3) is 0 Å². The molecular formula is C25H23N5O8. The van der Waals surface area contributed by atoms with E-state index in [0.29, 0.717) is 5.56 Å². The van der Waals surface area contributed by atoms with Gasteiger partial charge in [-0.15, -0.1) is 0 Å². The van der Waals surface area contributed by atoms with Crippen molar-refractivity contribution >= 4 is 35.1 Å². The maximum Gasteiger partial charge on any atom is 0.411 e. The molecule has 0 aromatic heterocycles. The number of anilines is 2. The van der Waals surface area contributed by atoms with E-state index in [1.807, 2.05) is 6.07 Å². The Kier molecular flexibility index (Phi) is 8.29. The van der Waals surface area contributed by atoms with Crippen LogP contribution in [0, 0.1) is 21.4 Å². The van der Waals surface area contributed by atoms with Gasteiger partial charge in [-0.1, -0.05) is 30.3 Å². The number of hydrogen-bond donors (Lipinski definition) is 2. The Morgan fingerprint density at radius 3 is 2.34 bits per heavy atom. The van der Waals surface area contributed by atoms with Crippen molar-refractivity contribution in [2.45, 2.75) is 12.8 Å². The zero-order valence-corrected chi connectivity index (χ0v) is 20.6. The molecule has 1 aliphatic heterocycles. The molecule has 2 aromatic carbocycles. The molecule has 0 radical (unpaired) electrons. The number of allylic oxidation sites excluding steroid dienone is 1. The fourth-order valence-electron chi connectivity index (χ4n) is 3.99. The standard InChI is InChI=1S/C25H23N5O8/c1-4-38-25(33)28-15-10-11-17(18(12-15)30(34)35)29-21(24(32)37-3)20(23(31)36-2)19(16(13-26)22(29)27)14-8-6-5-7-9-14/h5-12,19H,4,27H2,1-3H3,(H,28,33). The molecule has 1 amide bonds. The number of nitrogens with zero attached hydrogens (tertiary/aromatic N) is 3. The number of methoxy groups -OCH3 is 2. The SMILES string of the molecule is CCOC(=O)Nc1ccc(N2C(N)=C(C#N)C(c3ccccc3)C(C(=O)OC)=C2C(=O)OC)c([N+](=O)[O-])c1. The average molecular weight is 521 g/mol. The third-order valence-corrected chi connectivity index (χ3v) is 5.55. The molecule has 1 atom stereocenters. The number of hydrogen-bond acceptors (Lipinski definition) is 11. The highest BCUT2D eigenvalue weighted by atomic mass is 16.6. The van der Waals surface area contributed by atoms with E-state index >= 15 is 0 Å². The summed E-state index contributed by atoms with van der Waals surface area (Å²) in [7, 11) is 2.14. The maximum absolute atomic E-state index is 13.1. The second-order valence-electron chi connectivity index (χ2n) is 7.64. The smallest absolute Gasteiger partial charge is 0.411 e. The van der Waals surface area contributed by atoms with Gasteiger partial charge in [-0.05, 0) is 24.6 Å². The molecule has 13 heteroatoms. The zero-order valence-electron chi connectivity index (χ0n) is 20.6. The third kappa shape index (κ3) is 5.09. The quantitative estimate of drug-likeness (QED) is 0.236. The van der Waals surface area contributed by atoms with E-state index in [1.165, 1.54) is 12.1 Å². The molecule has 2 aromatic rings. The lowest BCUT2D eigenvalue weighted by Gasteiger charge is -2.35. The molecule has 1 heterocycles. The van der Waals surface area contributed by atoms with Gasteiger partial charge < -0.3 is 19.9 Å². The van der Waals surface area contributed by atoms with E-state index in [1.54, 1.807) is 37.3 Å². The van der Waals surface area contributed by atoms with Crippen molar-refractivity contribution < 1.29 is 33.5 Å². The van der Waals surface area contributed by atoms with Gasteiger partial charge in [-0.2, -0.15) is 5.26 Å². The van der Waals surface area contributed by atoms with Crippen LogP contribution in [-0.2, 0) is 23.8 Å². The largest absolute Gasteiger partial charge is 0.466 e. The number of esters is 2. The fraction of sp³-hybridized carbons (Fsp3) is 0.200. The van der Waals surface area contributed by atoms with Crippen molar-refractivity contribution in [3.8, 4) is 6.07 Å². The summed E-state index contributed by atoms with van der Waals surface area (Å²) in [5.74, 6) is -3.52. The van der Waals surface area contributed by atoms with Crippen LogP contribution in [0.5, 0.6) is 0 Å². The number of nitro benzene ring substituents is 1. The van der Waals surface area contributed by atoms with Crippen LogP contribution in [-0.4, -0.2) is 43.8 Å². The molecular weight excluding hydrogens is 498 g/mol. The highest BCUT2D eigenvalue weighted by Crippen LogP contribution is 2.45. The number of carbonyl (C=O) groups is 3. The lowest BCUT2D eigenvalue weighted by Crippen LogP contribution is -2.41. The molecule has 1 unspecified atom stereocenters. The topological polar surface area (TPSA) is 187 Å². The molecule has 0 fully saturated rings. The van der Waals surface area contributed by atoms with Gasteiger partial charge in [0.15, 0.2) is 0 Å². The van der Waals surface area contributed by atoms with Gasteiger partial charge >= 0.3 is 18.0 Å². The van der Waals surface area contributed by atoms with Gasteiger partial charge in [-0.3, -0.25) is 20.3 Å². The molecule has 3 N–H and O–H groups in total. The number of amides is 1. The van der Waals surface area contributed by atoms with E-state index < -0.39 is 40.3 Å². The number of nitro groups is 1. The van der Waals surface area contributed by atoms with Crippen LogP contribution < -0.4 is 16.0 Å². The summed E-state index contributed by atoms with van der Waals surface area (Å²) < 4.78 is 14.7. The van der Waals surface area contributed by atoms with Crippen LogP contribution in [0.3, 0.4) is 0 Å². The molecule has 13 nitrogen and oxygen atoms in total. The summed E-state index contributed by atoms with van der Waals surface area (Å²) in [4.78, 5) is 50.3. The van der Waals surface area contributed by atoms with Gasteiger partial charge in [0.2, 0.25) is 0 Å². The fourth-order valence-corrected chi connectivity index (χ4v) is 3.99. The number of carbonyl (C=O) groups excluding carboxylic acids is 3. The van der Waals surface area contributed by atoms with E-state index in [2.05, 4.69) is 5.32 Å². The summed E-state index contributed by atoms with van der Waals surface area (Å²) in [5, 5.41) is 24.5. The van der Waals surface area contributed by atoms with Crippen LogP contribution in [0.15, 0.2) is 71.2 Å². The van der Waals surface area contributed by atoms with Crippen molar-refractivity contribution in [2.75, 3.05) is 31.0 Å². The van der Waals surface area contributed by atoms with Crippen molar-refractivity contribution in [1.29, 1.82) is 5.26 Å². The average Bonchev–Trinajstić information content (AvgIpc) is 2.92. The van der Waals surface area contributed by atoms with Gasteiger partial charge in [0, 0.05) is 6.07 Å². The molecule has 1 aliphatic rings. The summed E-state index contributed by atoms with van der Waals surface area (Å²) in [5.41, 5.74) is 5.02. The van der Waals surface area contributed by atoms with Crippen molar-refractivity contribution in [3.63, 3.8) is 0 Å². The van der Waals surface area contributed by atoms with E-state index in [9.17, 15) is 29.8 Å². The van der Waals surface area contributed by atoms with Crippen LogP contribution >= 0.6 is 0 Å². The normalized spacial score (nSPS) is 14.9. The highest BCUT2D eigenvalue weighted by Gasteiger charge is 2.44. The predicted molar refractivity (Wildman–Crippen MR) is 133 cm³/mol. The lowest BCUT2D eigenvalue weighted by atomic mass is 9.81. The van der Waals surface area contributed by atoms with E-state index in [-0.39, 0.29) is 34.9 Å². The van der Waals surface area contributed by atoms with Crippen LogP contribution in [0.4, 0.5) is 21.9 Å². The minimum Gasteiger partial charge on any atom is -0.466 e. The Morgan fingerprint density at radius 2 is 1.79 bits per heavy atom. The molecule has 196 valence electrons. The Morgan fingerprint density at radius 1 is 1.13 bits per heavy atom. The monoisotopic (exact) mass is 521 g/mol. The van der Waals surface area contributed by atoms with E-state index in [0.717, 1.165) is 25.2 Å². The first kappa shape index (κ1) is 27.2. The summed E-state index contributed by atoms with van der Waals surface area (Å²) >= 11 is 0. The molecule has 0 saturated heterocycles. The number of benzene rings is 2. The third-order valence-electron chi connectivity index (χ3n) is 5.55. The van der Waals surface area contributed by atoms with Crippen LogP contribution in [0.2, 0.25) is 0 Å². The highest BCUT2D eigenvalue weighted by molar-refractivity contribution is 6.07. The number of nitrogens with two attached hydrogens (primary N) is 1. The minimum absolute atomic E-state index is 0.0120. The van der Waals surface area contributed by atoms with Crippen molar-refractivity contribution in [3.05, 3.63) is 86.9 Å². The molecule has 0 bridgehead atoms. The molecule has 0 saturated carbocycles. The maximum atomic E-state index is 13.1. The second kappa shape index (κ2) is 11.6. The summed E-state index contributed by atoms with van der Waals surface area (Å²) in [6.07, 6.45) is -0.840. The number of nitriles is 1. The summed E-state index contributed by atoms with van der Waals surface area (Å²) in [6.45, 7) is 1.66. The van der Waals surface area contributed by atoms with Gasteiger partial charge in [0.05, 0.1) is 54.6 Å². The van der Waals surface area contributed by atoms with Gasteiger partial charge in [-0.25, -0.2) is 14.4 Å². The first-order valence-electron chi connectivity index (χ1n) is 11.1. The van der Waals surface area contributed by atoms with E-state index in [4.69, 9.17) is 19.9 Å². The number of ether oxygens (including phenoxy) is 3. The predicted octanol–water partition coefficient (Wildman–Crippen LogP) is 3.06. The molecule has 0 aliphatic carbocycles. The zero-order chi connectivity index (χ0) is 28.0. The lowest BCUT2D eigenvalue weighted by molar-refractivity contribution is -0.384. The van der Waals surface area contributed by atoms with Gasteiger partial charge in [0.25, 0.3) is 5.69 Å². The second-order valence-corrected chi connectivity index (χ2v) is 7.64. The van der Waals surface area contributed by atoms with Gasteiger partial charge in [0.1, 0.15) is 17.2 Å². The molecule has 38 heavy (non-hydrogen) atoms. The summed E-state index contributed by atoms with van der Waals surface area (Å²) in [6, 6.07) is 13.8. The Bertz CT molecular complexity index is 1390. The molecule has 0 spiro atoms. The number of nitrogens with one attached hydrogen (secondary N) is 1. The minimum atomic E-state index is -1.14. The Balaban J connectivity index is 2.37. The van der Waals surface area contributed by atoms with Crippen molar-refractivity contribution in [2.24, 2.45) is 5.73 Å². The Labute approximate surface area is 216 Å². The van der Waals surface area contributed by atoms with Crippen LogP contribution in [0.1, 0.15) is 18.4 Å². The first-order chi connectivity index (χ1) is 18.2. The number of rotatable bonds is 7. The first-order valence-corrected chi connectivity index (χ1v) is 11.1. The molecule has 3 rings (SSSR count). The Hall–Kier alpha value is -5.38.